The zero-order chi connectivity index (χ0) is 9.78. The SMILES string of the molecule is CC(C)(C)OC(=O)N[C@@H](N)C=O. The zero-order valence-corrected chi connectivity index (χ0v) is 7.46. The van der Waals surface area contributed by atoms with E-state index >= 15 is 0 Å². The highest BCUT2D eigenvalue weighted by Crippen LogP contribution is 2.06. The number of nitrogens with one attached hydrogen (secondary N) is 1. The Kier molecular flexibility index (Phi) is 3.69. The number of hydrogen-bond donors (Lipinski definition) is 2. The Labute approximate surface area is 71.3 Å². The van der Waals surface area contributed by atoms with Crippen molar-refractivity contribution in [2.45, 2.75) is 32.5 Å². The summed E-state index contributed by atoms with van der Waals surface area (Å²) >= 11 is 0. The van der Waals surface area contributed by atoms with Crippen LogP contribution in [-0.2, 0) is 9.53 Å². The van der Waals surface area contributed by atoms with Gasteiger partial charge in [0.1, 0.15) is 11.8 Å². The summed E-state index contributed by atoms with van der Waals surface area (Å²) < 4.78 is 4.82. The van der Waals surface area contributed by atoms with E-state index in [0.717, 1.165) is 0 Å². The number of alkyl carbamates (subject to hydrolysis) is 1. The van der Waals surface area contributed by atoms with E-state index in [1.54, 1.807) is 20.8 Å². The summed E-state index contributed by atoms with van der Waals surface area (Å²) in [6.45, 7) is 5.16. The van der Waals surface area contributed by atoms with E-state index in [-0.39, 0.29) is 0 Å². The van der Waals surface area contributed by atoms with Gasteiger partial charge in [0, 0.05) is 0 Å². The Bertz CT molecular complexity index is 174. The normalized spacial score (nSPS) is 13.3. The van der Waals surface area contributed by atoms with Crippen LogP contribution in [0.25, 0.3) is 0 Å². The van der Waals surface area contributed by atoms with Gasteiger partial charge in [0.25, 0.3) is 0 Å². The van der Waals surface area contributed by atoms with Crippen molar-refractivity contribution < 1.29 is 14.3 Å². The van der Waals surface area contributed by atoms with Crippen LogP contribution in [0, 0.1) is 0 Å². The maximum atomic E-state index is 10.9. The van der Waals surface area contributed by atoms with Crippen LogP contribution in [0.4, 0.5) is 4.79 Å². The fourth-order valence-electron chi connectivity index (χ4n) is 0.478. The van der Waals surface area contributed by atoms with Crippen molar-refractivity contribution in [2.75, 3.05) is 0 Å². The molecule has 0 aliphatic carbocycles. The molecule has 1 amide bonds. The molecule has 0 aromatic carbocycles. The van der Waals surface area contributed by atoms with Crippen LogP contribution in [0.1, 0.15) is 20.8 Å². The predicted molar refractivity (Wildman–Crippen MR) is 43.4 cm³/mol. The third kappa shape index (κ3) is 5.67. The number of hydrogen-bond acceptors (Lipinski definition) is 4. The molecule has 0 saturated heterocycles. The summed E-state index contributed by atoms with van der Waals surface area (Å²) in [5.74, 6) is 0. The third-order valence-electron chi connectivity index (χ3n) is 0.830. The predicted octanol–water partition coefficient (Wildman–Crippen LogP) is -0.00520. The summed E-state index contributed by atoms with van der Waals surface area (Å²) in [6, 6.07) is 0. The average molecular weight is 174 g/mol. The minimum atomic E-state index is -1.00. The number of ether oxygens (including phenoxy) is 1. The van der Waals surface area contributed by atoms with Gasteiger partial charge in [0.2, 0.25) is 0 Å². The number of amides is 1. The van der Waals surface area contributed by atoms with Crippen LogP contribution >= 0.6 is 0 Å². The Morgan fingerprint density at radius 2 is 2.08 bits per heavy atom. The van der Waals surface area contributed by atoms with E-state index < -0.39 is 17.9 Å². The fraction of sp³-hybridized carbons (Fsp3) is 0.714. The molecule has 0 unspecified atom stereocenters. The van der Waals surface area contributed by atoms with Crippen LogP contribution in [0.5, 0.6) is 0 Å². The van der Waals surface area contributed by atoms with Gasteiger partial charge in [-0.3, -0.25) is 10.1 Å². The summed E-state index contributed by atoms with van der Waals surface area (Å²) in [4.78, 5) is 20.9. The number of nitrogens with two attached hydrogens (primary N) is 1. The Morgan fingerprint density at radius 1 is 1.58 bits per heavy atom. The van der Waals surface area contributed by atoms with Gasteiger partial charge in [-0.25, -0.2) is 4.79 Å². The van der Waals surface area contributed by atoms with E-state index in [1.807, 2.05) is 0 Å². The largest absolute Gasteiger partial charge is 0.444 e. The van der Waals surface area contributed by atoms with E-state index in [9.17, 15) is 9.59 Å². The third-order valence-corrected chi connectivity index (χ3v) is 0.830. The van der Waals surface area contributed by atoms with Gasteiger partial charge in [0.05, 0.1) is 0 Å². The molecule has 0 bridgehead atoms. The van der Waals surface area contributed by atoms with Gasteiger partial charge in [0.15, 0.2) is 6.29 Å². The van der Waals surface area contributed by atoms with Gasteiger partial charge in [-0.2, -0.15) is 0 Å². The van der Waals surface area contributed by atoms with Gasteiger partial charge in [-0.05, 0) is 20.8 Å². The molecule has 12 heavy (non-hydrogen) atoms. The van der Waals surface area contributed by atoms with Crippen molar-refractivity contribution in [2.24, 2.45) is 5.73 Å². The summed E-state index contributed by atoms with van der Waals surface area (Å²) in [5.41, 5.74) is 4.54. The highest BCUT2D eigenvalue weighted by molar-refractivity contribution is 5.72. The van der Waals surface area contributed by atoms with E-state index in [1.165, 1.54) is 0 Å². The summed E-state index contributed by atoms with van der Waals surface area (Å²) in [7, 11) is 0. The maximum Gasteiger partial charge on any atom is 0.409 e. The zero-order valence-electron chi connectivity index (χ0n) is 7.46. The van der Waals surface area contributed by atoms with Gasteiger partial charge >= 0.3 is 6.09 Å². The Morgan fingerprint density at radius 3 is 2.42 bits per heavy atom. The molecule has 0 rings (SSSR count). The molecule has 0 aromatic rings. The molecule has 0 aliphatic heterocycles. The first-order chi connectivity index (χ1) is 5.35. The van der Waals surface area contributed by atoms with Gasteiger partial charge in [-0.15, -0.1) is 0 Å². The van der Waals surface area contributed by atoms with Crippen molar-refractivity contribution in [3.05, 3.63) is 0 Å². The van der Waals surface area contributed by atoms with E-state index in [4.69, 9.17) is 10.5 Å². The number of carbonyl (C=O) groups is 2. The standard InChI is InChI=1S/C7H14N2O3/c1-7(2,3)12-6(11)9-5(8)4-10/h4-5H,8H2,1-3H3,(H,9,11)/t5-/m1/s1. The van der Waals surface area contributed by atoms with Crippen LogP contribution in [0.3, 0.4) is 0 Å². The molecular weight excluding hydrogens is 160 g/mol. The van der Waals surface area contributed by atoms with Crippen molar-refractivity contribution in [3.63, 3.8) is 0 Å². The monoisotopic (exact) mass is 174 g/mol. The van der Waals surface area contributed by atoms with Crippen molar-refractivity contribution in [1.29, 1.82) is 0 Å². The molecule has 1 atom stereocenters. The van der Waals surface area contributed by atoms with Crippen molar-refractivity contribution >= 4 is 12.4 Å². The first kappa shape index (κ1) is 10.9. The summed E-state index contributed by atoms with van der Waals surface area (Å²) in [6.07, 6.45) is -1.27. The molecular formula is C7H14N2O3. The molecule has 0 heterocycles. The highest BCUT2D eigenvalue weighted by atomic mass is 16.6. The van der Waals surface area contributed by atoms with Crippen LogP contribution in [0.15, 0.2) is 0 Å². The lowest BCUT2D eigenvalue weighted by molar-refractivity contribution is -0.109. The van der Waals surface area contributed by atoms with Crippen LogP contribution in [0.2, 0.25) is 0 Å². The molecule has 0 radical (unpaired) electrons. The van der Waals surface area contributed by atoms with Crippen molar-refractivity contribution in [3.8, 4) is 0 Å². The minimum Gasteiger partial charge on any atom is -0.444 e. The lowest BCUT2D eigenvalue weighted by Gasteiger charge is -2.20. The summed E-state index contributed by atoms with van der Waals surface area (Å²) in [5, 5.41) is 2.13. The molecule has 0 aromatic heterocycles. The Balaban J connectivity index is 3.82. The molecule has 0 saturated carbocycles. The number of aldehydes is 1. The lowest BCUT2D eigenvalue weighted by Crippen LogP contribution is -2.44. The smallest absolute Gasteiger partial charge is 0.409 e. The molecule has 5 heteroatoms. The second kappa shape index (κ2) is 4.06. The average Bonchev–Trinajstić information content (AvgIpc) is 1.82. The van der Waals surface area contributed by atoms with Crippen molar-refractivity contribution in [1.82, 2.24) is 5.32 Å². The van der Waals surface area contributed by atoms with Crippen LogP contribution in [-0.4, -0.2) is 24.1 Å². The van der Waals surface area contributed by atoms with Crippen LogP contribution < -0.4 is 11.1 Å². The minimum absolute atomic E-state index is 0.421. The highest BCUT2D eigenvalue weighted by Gasteiger charge is 2.17. The first-order valence-electron chi connectivity index (χ1n) is 3.55. The molecule has 0 spiro atoms. The number of carbonyl (C=O) groups excluding carboxylic acids is 2. The second-order valence-electron chi connectivity index (χ2n) is 3.31. The molecule has 0 aliphatic rings. The molecule has 3 N–H and O–H groups in total. The molecule has 0 fully saturated rings. The van der Waals surface area contributed by atoms with E-state index in [2.05, 4.69) is 5.32 Å². The Hall–Kier alpha value is -1.10. The van der Waals surface area contributed by atoms with E-state index in [0.29, 0.717) is 6.29 Å². The number of rotatable bonds is 2. The van der Waals surface area contributed by atoms with Gasteiger partial charge < -0.3 is 10.5 Å². The quantitative estimate of drug-likeness (QED) is 0.456. The topological polar surface area (TPSA) is 81.4 Å². The molecule has 70 valence electrons. The first-order valence-corrected chi connectivity index (χ1v) is 3.55. The van der Waals surface area contributed by atoms with Gasteiger partial charge in [-0.1, -0.05) is 0 Å². The second-order valence-corrected chi connectivity index (χ2v) is 3.31. The molecule has 5 nitrogen and oxygen atoms in total. The maximum absolute atomic E-state index is 10.9. The fourth-order valence-corrected chi connectivity index (χ4v) is 0.478. The lowest BCUT2D eigenvalue weighted by atomic mass is 10.2.